The minimum absolute atomic E-state index is 0.106. The van der Waals surface area contributed by atoms with Gasteiger partial charge in [0.2, 0.25) is 5.91 Å². The van der Waals surface area contributed by atoms with Crippen molar-refractivity contribution in [3.8, 4) is 5.75 Å². The lowest BCUT2D eigenvalue weighted by Gasteiger charge is -2.40. The highest BCUT2D eigenvalue weighted by Crippen LogP contribution is 2.31. The van der Waals surface area contributed by atoms with Gasteiger partial charge >= 0.3 is 6.03 Å². The van der Waals surface area contributed by atoms with Gasteiger partial charge in [-0.1, -0.05) is 43.2 Å². The van der Waals surface area contributed by atoms with E-state index in [1.54, 1.807) is 7.11 Å². The molecule has 1 saturated carbocycles. The number of carbonyl (C=O) groups is 2. The molecule has 1 unspecified atom stereocenters. The molecular formula is C26H34N4O3. The van der Waals surface area contributed by atoms with Crippen LogP contribution in [0.4, 0.5) is 10.5 Å². The van der Waals surface area contributed by atoms with E-state index in [1.807, 2.05) is 59.5 Å². The number of methoxy groups -OCH3 is 1. The van der Waals surface area contributed by atoms with Gasteiger partial charge < -0.3 is 20.3 Å². The molecule has 2 aromatic carbocycles. The second-order valence-electron chi connectivity index (χ2n) is 8.87. The number of carbonyl (C=O) groups excluding carboxylic acids is 2. The quantitative estimate of drug-likeness (QED) is 0.674. The standard InChI is InChI=1S/C26H34N4O3/c1-33-23-13-11-22(12-14-23)28-26(32)30-17-15-29(16-18-30)24(21-9-5-6-10-21)25(31)27-19-20-7-3-2-4-8-20/h2-4,7-8,11-14,21,24H,5-6,9-10,15-19H2,1H3,(H,27,31)(H,28,32). The first-order chi connectivity index (χ1) is 16.1. The molecule has 33 heavy (non-hydrogen) atoms. The molecule has 7 nitrogen and oxygen atoms in total. The summed E-state index contributed by atoms with van der Waals surface area (Å²) in [6, 6.07) is 17.1. The molecule has 3 amide bonds. The number of rotatable bonds is 7. The van der Waals surface area contributed by atoms with Gasteiger partial charge in [-0.25, -0.2) is 4.79 Å². The van der Waals surface area contributed by atoms with E-state index in [2.05, 4.69) is 15.5 Å². The first kappa shape index (κ1) is 23.1. The Balaban J connectivity index is 1.33. The molecule has 4 rings (SSSR count). The largest absolute Gasteiger partial charge is 0.497 e. The van der Waals surface area contributed by atoms with E-state index in [1.165, 1.54) is 12.8 Å². The molecule has 0 aromatic heterocycles. The zero-order valence-electron chi connectivity index (χ0n) is 19.3. The van der Waals surface area contributed by atoms with E-state index in [-0.39, 0.29) is 18.0 Å². The third-order valence-corrected chi connectivity index (χ3v) is 6.76. The van der Waals surface area contributed by atoms with E-state index < -0.39 is 0 Å². The lowest BCUT2D eigenvalue weighted by molar-refractivity contribution is -0.129. The van der Waals surface area contributed by atoms with Crippen molar-refractivity contribution in [1.29, 1.82) is 0 Å². The SMILES string of the molecule is COc1ccc(NC(=O)N2CCN(C(C(=O)NCc3ccccc3)C3CCCC3)CC2)cc1. The van der Waals surface area contributed by atoms with Crippen LogP contribution in [0.1, 0.15) is 31.2 Å². The van der Waals surface area contributed by atoms with Gasteiger partial charge in [-0.05, 0) is 48.6 Å². The van der Waals surface area contributed by atoms with Crippen molar-refractivity contribution < 1.29 is 14.3 Å². The molecule has 1 atom stereocenters. The van der Waals surface area contributed by atoms with Gasteiger partial charge in [-0.2, -0.15) is 0 Å². The monoisotopic (exact) mass is 450 g/mol. The van der Waals surface area contributed by atoms with Gasteiger partial charge in [0.15, 0.2) is 0 Å². The van der Waals surface area contributed by atoms with Gasteiger partial charge in [0, 0.05) is 38.4 Å². The summed E-state index contributed by atoms with van der Waals surface area (Å²) >= 11 is 0. The van der Waals surface area contributed by atoms with Crippen molar-refractivity contribution >= 4 is 17.6 Å². The van der Waals surface area contributed by atoms with Gasteiger partial charge in [-0.3, -0.25) is 9.69 Å². The van der Waals surface area contributed by atoms with Crippen molar-refractivity contribution in [2.75, 3.05) is 38.6 Å². The van der Waals surface area contributed by atoms with Crippen LogP contribution in [0.3, 0.4) is 0 Å². The van der Waals surface area contributed by atoms with Crippen LogP contribution in [0.2, 0.25) is 0 Å². The molecule has 1 saturated heterocycles. The molecule has 176 valence electrons. The Bertz CT molecular complexity index is 905. The van der Waals surface area contributed by atoms with Gasteiger partial charge in [-0.15, -0.1) is 0 Å². The summed E-state index contributed by atoms with van der Waals surface area (Å²) < 4.78 is 5.17. The Hall–Kier alpha value is -3.06. The molecule has 2 aromatic rings. The molecule has 7 heteroatoms. The van der Waals surface area contributed by atoms with Crippen LogP contribution in [0, 0.1) is 5.92 Å². The van der Waals surface area contributed by atoms with Crippen molar-refractivity contribution in [2.45, 2.75) is 38.3 Å². The molecular weight excluding hydrogens is 416 g/mol. The third kappa shape index (κ3) is 6.05. The predicted molar refractivity (Wildman–Crippen MR) is 129 cm³/mol. The molecule has 0 spiro atoms. The molecule has 1 aliphatic carbocycles. The van der Waals surface area contributed by atoms with Crippen LogP contribution in [-0.4, -0.2) is 61.1 Å². The first-order valence-electron chi connectivity index (χ1n) is 11.9. The predicted octanol–water partition coefficient (Wildman–Crippen LogP) is 3.72. The highest BCUT2D eigenvalue weighted by atomic mass is 16.5. The minimum Gasteiger partial charge on any atom is -0.497 e. The Morgan fingerprint density at radius 1 is 0.970 bits per heavy atom. The van der Waals surface area contributed by atoms with Crippen LogP contribution in [-0.2, 0) is 11.3 Å². The van der Waals surface area contributed by atoms with Gasteiger partial charge in [0.05, 0.1) is 13.2 Å². The Kier molecular flexibility index (Phi) is 7.83. The Morgan fingerprint density at radius 3 is 2.27 bits per heavy atom. The number of hydrogen-bond acceptors (Lipinski definition) is 4. The summed E-state index contributed by atoms with van der Waals surface area (Å²) in [4.78, 5) is 30.1. The number of urea groups is 1. The summed E-state index contributed by atoms with van der Waals surface area (Å²) in [5.41, 5.74) is 1.85. The normalized spacial score (nSPS) is 18.0. The summed E-state index contributed by atoms with van der Waals surface area (Å²) in [7, 11) is 1.62. The second kappa shape index (κ2) is 11.2. The fourth-order valence-corrected chi connectivity index (χ4v) is 4.92. The molecule has 0 bridgehead atoms. The van der Waals surface area contributed by atoms with Crippen molar-refractivity contribution in [3.63, 3.8) is 0 Å². The van der Waals surface area contributed by atoms with Gasteiger partial charge in [0.1, 0.15) is 5.75 Å². The maximum atomic E-state index is 13.3. The zero-order chi connectivity index (χ0) is 23.0. The van der Waals surface area contributed by atoms with Crippen LogP contribution in [0.5, 0.6) is 5.75 Å². The Morgan fingerprint density at radius 2 is 1.64 bits per heavy atom. The molecule has 0 radical (unpaired) electrons. The zero-order valence-corrected chi connectivity index (χ0v) is 19.3. The fourth-order valence-electron chi connectivity index (χ4n) is 4.92. The number of anilines is 1. The van der Waals surface area contributed by atoms with E-state index in [4.69, 9.17) is 4.74 Å². The molecule has 1 aliphatic heterocycles. The molecule has 2 N–H and O–H groups in total. The van der Waals surface area contributed by atoms with E-state index >= 15 is 0 Å². The van der Waals surface area contributed by atoms with Crippen LogP contribution in [0.25, 0.3) is 0 Å². The van der Waals surface area contributed by atoms with E-state index in [9.17, 15) is 9.59 Å². The summed E-state index contributed by atoms with van der Waals surface area (Å²) in [6.07, 6.45) is 4.58. The number of piperazine rings is 1. The number of hydrogen-bond donors (Lipinski definition) is 2. The lowest BCUT2D eigenvalue weighted by Crippen LogP contribution is -2.58. The number of amides is 3. The summed E-state index contributed by atoms with van der Waals surface area (Å²) in [5.74, 6) is 1.26. The Labute approximate surface area is 196 Å². The van der Waals surface area contributed by atoms with Crippen molar-refractivity contribution in [3.05, 3.63) is 60.2 Å². The molecule has 2 fully saturated rings. The maximum Gasteiger partial charge on any atom is 0.321 e. The highest BCUT2D eigenvalue weighted by Gasteiger charge is 2.37. The van der Waals surface area contributed by atoms with Crippen LogP contribution in [0.15, 0.2) is 54.6 Å². The number of nitrogens with zero attached hydrogens (tertiary/aromatic N) is 2. The van der Waals surface area contributed by atoms with E-state index in [0.717, 1.165) is 29.8 Å². The van der Waals surface area contributed by atoms with Crippen molar-refractivity contribution in [2.24, 2.45) is 5.92 Å². The van der Waals surface area contributed by atoms with Gasteiger partial charge in [0.25, 0.3) is 0 Å². The lowest BCUT2D eigenvalue weighted by atomic mass is 9.95. The average molecular weight is 451 g/mol. The van der Waals surface area contributed by atoms with E-state index in [0.29, 0.717) is 38.6 Å². The number of benzene rings is 2. The number of ether oxygens (including phenoxy) is 1. The summed E-state index contributed by atoms with van der Waals surface area (Å²) in [5, 5.41) is 6.12. The van der Waals surface area contributed by atoms with Crippen LogP contribution < -0.4 is 15.4 Å². The van der Waals surface area contributed by atoms with Crippen molar-refractivity contribution in [1.82, 2.24) is 15.1 Å². The average Bonchev–Trinajstić information content (AvgIpc) is 3.39. The molecule has 2 aliphatic rings. The minimum atomic E-state index is -0.122. The smallest absolute Gasteiger partial charge is 0.321 e. The first-order valence-corrected chi connectivity index (χ1v) is 11.9. The topological polar surface area (TPSA) is 73.9 Å². The number of nitrogens with one attached hydrogen (secondary N) is 2. The molecule has 1 heterocycles. The second-order valence-corrected chi connectivity index (χ2v) is 8.87. The third-order valence-electron chi connectivity index (χ3n) is 6.76. The summed E-state index contributed by atoms with van der Waals surface area (Å²) in [6.45, 7) is 3.17. The maximum absolute atomic E-state index is 13.3. The van der Waals surface area contributed by atoms with Crippen LogP contribution >= 0.6 is 0 Å². The fraction of sp³-hybridized carbons (Fsp3) is 0.462. The highest BCUT2D eigenvalue weighted by molar-refractivity contribution is 5.89.